The molecule has 3 rings (SSSR count). The monoisotopic (exact) mass is 388 g/mol. The zero-order valence-electron chi connectivity index (χ0n) is 12.9. The zero-order chi connectivity index (χ0) is 17.5. The zero-order valence-corrected chi connectivity index (χ0v) is 15.3. The number of rotatable bonds is 4. The summed E-state index contributed by atoms with van der Waals surface area (Å²) in [6.45, 7) is 0. The van der Waals surface area contributed by atoms with Crippen molar-refractivity contribution in [2.24, 2.45) is 5.92 Å². The third-order valence-corrected chi connectivity index (χ3v) is 7.72. The molecule has 10 heteroatoms. The number of sulfone groups is 2. The number of nitrogens with zero attached hydrogens (tertiary/aromatic N) is 1. The van der Waals surface area contributed by atoms with Crippen LogP contribution in [0, 0.1) is 5.92 Å². The lowest BCUT2D eigenvalue weighted by molar-refractivity contribution is -0.116. The molecule has 1 aromatic heterocycles. The Kier molecular flexibility index (Phi) is 4.39. The van der Waals surface area contributed by atoms with Gasteiger partial charge in [0.2, 0.25) is 5.91 Å². The maximum absolute atomic E-state index is 12.0. The predicted octanol–water partition coefficient (Wildman–Crippen LogP) is 1.46. The van der Waals surface area contributed by atoms with Gasteiger partial charge >= 0.3 is 0 Å². The largest absolute Gasteiger partial charge is 0.302 e. The Labute approximate surface area is 143 Å². The molecule has 0 unspecified atom stereocenters. The van der Waals surface area contributed by atoms with Crippen molar-refractivity contribution < 1.29 is 21.6 Å². The van der Waals surface area contributed by atoms with E-state index in [2.05, 4.69) is 10.3 Å². The molecule has 0 radical (unpaired) electrons. The Balaban J connectivity index is 1.72. The molecule has 0 bridgehead atoms. The van der Waals surface area contributed by atoms with E-state index in [-0.39, 0.29) is 34.6 Å². The van der Waals surface area contributed by atoms with Crippen LogP contribution in [0.2, 0.25) is 0 Å². The van der Waals surface area contributed by atoms with E-state index in [0.717, 1.165) is 6.26 Å². The molecule has 2 heterocycles. The molecular formula is C14H16N2O5S3. The van der Waals surface area contributed by atoms with Crippen LogP contribution in [-0.4, -0.2) is 45.5 Å². The van der Waals surface area contributed by atoms with Gasteiger partial charge in [-0.3, -0.25) is 4.79 Å². The molecule has 2 aromatic rings. The molecule has 1 aliphatic rings. The van der Waals surface area contributed by atoms with Crippen LogP contribution in [0.1, 0.15) is 12.8 Å². The normalized spacial score (nSPS) is 20.3. The van der Waals surface area contributed by atoms with Gasteiger partial charge in [0, 0.05) is 12.7 Å². The van der Waals surface area contributed by atoms with Gasteiger partial charge in [0.15, 0.2) is 24.8 Å². The summed E-state index contributed by atoms with van der Waals surface area (Å²) in [6, 6.07) is 4.61. The standard InChI is InChI=1S/C14H16N2O5S3/c1-23(18,19)10-2-3-11-12(7-10)22-14(15-11)16-13(17)6-9-4-5-24(20,21)8-9/h2-3,7,9H,4-6,8H2,1H3,(H,15,16,17)/t9-/m1/s1. The van der Waals surface area contributed by atoms with E-state index in [1.807, 2.05) is 0 Å². The van der Waals surface area contributed by atoms with Crippen molar-refractivity contribution in [2.45, 2.75) is 17.7 Å². The predicted molar refractivity (Wildman–Crippen MR) is 92.7 cm³/mol. The fraction of sp³-hybridized carbons (Fsp3) is 0.429. The van der Waals surface area contributed by atoms with Crippen molar-refractivity contribution in [2.75, 3.05) is 23.1 Å². The van der Waals surface area contributed by atoms with Crippen molar-refractivity contribution >= 4 is 52.3 Å². The van der Waals surface area contributed by atoms with Gasteiger partial charge in [0.25, 0.3) is 0 Å². The molecule has 1 fully saturated rings. The minimum absolute atomic E-state index is 0.0536. The number of hydrogen-bond donors (Lipinski definition) is 1. The highest BCUT2D eigenvalue weighted by molar-refractivity contribution is 7.91. The summed E-state index contributed by atoms with van der Waals surface area (Å²) in [7, 11) is -6.30. The maximum atomic E-state index is 12.0. The minimum atomic E-state index is -3.30. The molecule has 0 aliphatic carbocycles. The molecule has 1 atom stereocenters. The Morgan fingerprint density at radius 3 is 2.79 bits per heavy atom. The summed E-state index contributed by atoms with van der Waals surface area (Å²) in [5.41, 5.74) is 0.603. The molecule has 1 saturated heterocycles. The van der Waals surface area contributed by atoms with Gasteiger partial charge in [-0.1, -0.05) is 11.3 Å². The molecular weight excluding hydrogens is 372 g/mol. The van der Waals surface area contributed by atoms with Crippen LogP contribution in [0.3, 0.4) is 0 Å². The van der Waals surface area contributed by atoms with Crippen LogP contribution in [0.5, 0.6) is 0 Å². The summed E-state index contributed by atoms with van der Waals surface area (Å²) in [5, 5.41) is 3.04. The van der Waals surface area contributed by atoms with Gasteiger partial charge < -0.3 is 5.32 Å². The van der Waals surface area contributed by atoms with E-state index in [1.54, 1.807) is 6.07 Å². The summed E-state index contributed by atoms with van der Waals surface area (Å²) in [6.07, 6.45) is 1.78. The highest BCUT2D eigenvalue weighted by atomic mass is 32.2. The first-order valence-corrected chi connectivity index (χ1v) is 11.8. The summed E-state index contributed by atoms with van der Waals surface area (Å²) >= 11 is 1.19. The number of anilines is 1. The van der Waals surface area contributed by atoms with E-state index in [1.165, 1.54) is 23.5 Å². The molecule has 1 aliphatic heterocycles. The third-order valence-electron chi connectivity index (χ3n) is 3.84. The average Bonchev–Trinajstić information content (AvgIpc) is 2.99. The number of carbonyl (C=O) groups excluding carboxylic acids is 1. The highest BCUT2D eigenvalue weighted by Crippen LogP contribution is 2.29. The third kappa shape index (κ3) is 3.93. The Morgan fingerprint density at radius 2 is 2.17 bits per heavy atom. The second-order valence-corrected chi connectivity index (χ2v) is 11.2. The molecule has 24 heavy (non-hydrogen) atoms. The first kappa shape index (κ1) is 17.3. The van der Waals surface area contributed by atoms with Gasteiger partial charge in [0.05, 0.1) is 26.6 Å². The molecule has 0 saturated carbocycles. The lowest BCUT2D eigenvalue weighted by Crippen LogP contribution is -2.17. The number of benzene rings is 1. The van der Waals surface area contributed by atoms with Crippen molar-refractivity contribution in [1.82, 2.24) is 4.98 Å². The van der Waals surface area contributed by atoms with Crippen molar-refractivity contribution in [3.63, 3.8) is 0 Å². The van der Waals surface area contributed by atoms with Crippen LogP contribution in [0.25, 0.3) is 10.2 Å². The molecule has 1 aromatic carbocycles. The number of fused-ring (bicyclic) bond motifs is 1. The second kappa shape index (κ2) is 6.08. The van der Waals surface area contributed by atoms with Crippen LogP contribution < -0.4 is 5.32 Å². The van der Waals surface area contributed by atoms with E-state index in [4.69, 9.17) is 0 Å². The highest BCUT2D eigenvalue weighted by Gasteiger charge is 2.29. The maximum Gasteiger partial charge on any atom is 0.226 e. The van der Waals surface area contributed by atoms with Gasteiger partial charge in [-0.2, -0.15) is 0 Å². The SMILES string of the molecule is CS(=O)(=O)c1ccc2nc(NC(=O)C[C@H]3CCS(=O)(=O)C3)sc2c1. The van der Waals surface area contributed by atoms with Crippen molar-refractivity contribution in [3.05, 3.63) is 18.2 Å². The minimum Gasteiger partial charge on any atom is -0.302 e. The second-order valence-electron chi connectivity index (χ2n) is 5.94. The number of carbonyl (C=O) groups is 1. The Bertz CT molecular complexity index is 1010. The molecule has 1 amide bonds. The average molecular weight is 388 g/mol. The van der Waals surface area contributed by atoms with Gasteiger partial charge in [0.1, 0.15) is 0 Å². The summed E-state index contributed by atoms with van der Waals surface area (Å²) in [4.78, 5) is 16.5. The van der Waals surface area contributed by atoms with Crippen LogP contribution in [-0.2, 0) is 24.5 Å². The molecule has 1 N–H and O–H groups in total. The van der Waals surface area contributed by atoms with E-state index < -0.39 is 19.7 Å². The summed E-state index contributed by atoms with van der Waals surface area (Å²) < 4.78 is 46.6. The van der Waals surface area contributed by atoms with Gasteiger partial charge in [-0.25, -0.2) is 21.8 Å². The Morgan fingerprint density at radius 1 is 1.42 bits per heavy atom. The quantitative estimate of drug-likeness (QED) is 0.849. The molecule has 130 valence electrons. The lowest BCUT2D eigenvalue weighted by Gasteiger charge is -2.06. The Hall–Kier alpha value is -1.52. The molecule has 7 nitrogen and oxygen atoms in total. The number of hydrogen-bond acceptors (Lipinski definition) is 7. The number of thiazole rings is 1. The van der Waals surface area contributed by atoms with Crippen molar-refractivity contribution in [1.29, 1.82) is 0 Å². The van der Waals surface area contributed by atoms with Crippen LogP contribution in [0.4, 0.5) is 5.13 Å². The first-order valence-electron chi connectivity index (χ1n) is 7.23. The fourth-order valence-corrected chi connectivity index (χ4v) is 6.16. The molecule has 0 spiro atoms. The smallest absolute Gasteiger partial charge is 0.226 e. The van der Waals surface area contributed by atoms with E-state index in [9.17, 15) is 21.6 Å². The van der Waals surface area contributed by atoms with Gasteiger partial charge in [-0.15, -0.1) is 0 Å². The van der Waals surface area contributed by atoms with E-state index >= 15 is 0 Å². The number of amides is 1. The topological polar surface area (TPSA) is 110 Å². The van der Waals surface area contributed by atoms with E-state index in [0.29, 0.717) is 21.8 Å². The first-order chi connectivity index (χ1) is 11.1. The lowest BCUT2D eigenvalue weighted by atomic mass is 10.1. The number of aromatic nitrogens is 1. The van der Waals surface area contributed by atoms with Crippen LogP contribution >= 0.6 is 11.3 Å². The van der Waals surface area contributed by atoms with Crippen molar-refractivity contribution in [3.8, 4) is 0 Å². The fourth-order valence-electron chi connectivity index (χ4n) is 2.65. The summed E-state index contributed by atoms with van der Waals surface area (Å²) in [5.74, 6) is -0.237. The van der Waals surface area contributed by atoms with Crippen LogP contribution in [0.15, 0.2) is 23.1 Å². The number of nitrogens with one attached hydrogen (secondary N) is 1. The van der Waals surface area contributed by atoms with Gasteiger partial charge in [-0.05, 0) is 30.5 Å².